The number of unbranched alkanes of at least 4 members (excludes halogenated alkanes) is 1. The maximum absolute atomic E-state index is 13.6. The first-order chi connectivity index (χ1) is 18.4. The number of carbonyl (C=O) groups excluding carboxylic acids is 3. The van der Waals surface area contributed by atoms with Gasteiger partial charge in [0.2, 0.25) is 11.8 Å². The number of alkyl carbamates (subject to hydrolysis) is 1. The first-order valence-electron chi connectivity index (χ1n) is 13.8. The molecule has 39 heavy (non-hydrogen) atoms. The van der Waals surface area contributed by atoms with Crippen molar-refractivity contribution in [1.29, 1.82) is 0 Å². The summed E-state index contributed by atoms with van der Waals surface area (Å²) in [5.41, 5.74) is 16.6. The van der Waals surface area contributed by atoms with E-state index in [2.05, 4.69) is 27.4 Å². The number of ether oxygens (including phenoxy) is 2. The number of hydrogen-bond donors (Lipinski definition) is 4. The Morgan fingerprint density at radius 1 is 1.28 bits per heavy atom. The van der Waals surface area contributed by atoms with E-state index < -0.39 is 29.8 Å². The fraction of sp³-hybridized carbons (Fsp3) is 0.679. The highest BCUT2D eigenvalue weighted by Gasteiger charge is 2.37. The van der Waals surface area contributed by atoms with Gasteiger partial charge in [-0.15, -0.1) is 0 Å². The van der Waals surface area contributed by atoms with Crippen molar-refractivity contribution in [3.63, 3.8) is 0 Å². The first-order valence-corrected chi connectivity index (χ1v) is 13.8. The van der Waals surface area contributed by atoms with Crippen LogP contribution < -0.4 is 31.1 Å². The van der Waals surface area contributed by atoms with Crippen LogP contribution >= 0.6 is 0 Å². The molecule has 0 aromatic heterocycles. The second-order valence-corrected chi connectivity index (χ2v) is 11.4. The quantitative estimate of drug-likeness (QED) is 0.207. The van der Waals surface area contributed by atoms with Crippen LogP contribution in [0.5, 0.6) is 5.75 Å². The molecular weight excluding hydrogens is 500 g/mol. The van der Waals surface area contributed by atoms with Crippen LogP contribution in [0, 0.1) is 17.3 Å². The smallest absolute Gasteiger partial charge is 0.409 e. The Morgan fingerprint density at radius 3 is 2.59 bits per heavy atom. The number of benzene rings is 1. The lowest BCUT2D eigenvalue weighted by molar-refractivity contribution is -0.533. The summed E-state index contributed by atoms with van der Waals surface area (Å²) < 4.78 is 10.5. The maximum Gasteiger partial charge on any atom is 0.409 e. The minimum absolute atomic E-state index is 0.0267. The Morgan fingerprint density at radius 2 is 1.97 bits per heavy atom. The highest BCUT2D eigenvalue weighted by molar-refractivity contribution is 5.95. The number of nitrogens with two attached hydrogens (primary N) is 1. The molecule has 0 radical (unpaired) electrons. The lowest BCUT2D eigenvalue weighted by Gasteiger charge is -2.37. The van der Waals surface area contributed by atoms with Gasteiger partial charge in [0, 0.05) is 25.3 Å². The first kappa shape index (κ1) is 32.0. The number of fused-ring (bicyclic) bond motifs is 1. The van der Waals surface area contributed by atoms with E-state index in [0.29, 0.717) is 30.8 Å². The number of methoxy groups -OCH3 is 1. The van der Waals surface area contributed by atoms with Gasteiger partial charge in [0.15, 0.2) is 12.3 Å². The monoisotopic (exact) mass is 546 g/mol. The number of hydrogen-bond acceptors (Lipinski definition) is 6. The minimum Gasteiger partial charge on any atom is -0.508 e. The van der Waals surface area contributed by atoms with Gasteiger partial charge in [-0.1, -0.05) is 53.2 Å². The average molecular weight is 547 g/mol. The number of carbonyl (C=O) groups is 3. The van der Waals surface area contributed by atoms with Gasteiger partial charge in [-0.2, -0.15) is 0 Å². The zero-order valence-corrected chi connectivity index (χ0v) is 24.2. The van der Waals surface area contributed by atoms with Crippen molar-refractivity contribution in [1.82, 2.24) is 10.6 Å². The molecule has 0 aliphatic carbocycles. The van der Waals surface area contributed by atoms with Crippen LogP contribution in [-0.2, 0) is 14.3 Å². The molecule has 0 unspecified atom stereocenters. The van der Waals surface area contributed by atoms with Crippen molar-refractivity contribution in [3.8, 4) is 5.75 Å². The Balaban J connectivity index is 2.10. The number of nitrogens with one attached hydrogen (secondary N) is 3. The Kier molecular flexibility index (Phi) is 12.2. The summed E-state index contributed by atoms with van der Waals surface area (Å²) in [6.45, 7) is 10.7. The number of rotatable bonds is 14. The summed E-state index contributed by atoms with van der Waals surface area (Å²) in [6, 6.07) is 6.10. The summed E-state index contributed by atoms with van der Waals surface area (Å²) in [4.78, 5) is 39.7. The fourth-order valence-electron chi connectivity index (χ4n) is 4.86. The third-order valence-electron chi connectivity index (χ3n) is 7.12. The lowest BCUT2D eigenvalue weighted by Crippen LogP contribution is -2.78. The van der Waals surface area contributed by atoms with Crippen molar-refractivity contribution in [2.24, 2.45) is 23.0 Å². The van der Waals surface area contributed by atoms with Gasteiger partial charge < -0.3 is 36.1 Å². The van der Waals surface area contributed by atoms with Crippen molar-refractivity contribution >= 4 is 23.6 Å². The molecule has 1 heterocycles. The number of anilines is 1. The highest BCUT2D eigenvalue weighted by atomic mass is 16.6. The summed E-state index contributed by atoms with van der Waals surface area (Å²) in [5.74, 6) is 0.0837. The molecule has 218 valence electrons. The van der Waals surface area contributed by atoms with Gasteiger partial charge in [-0.3, -0.25) is 14.9 Å². The second kappa shape index (κ2) is 14.8. The molecule has 0 saturated carbocycles. The molecule has 0 saturated heterocycles. The molecule has 1 aromatic rings. The largest absolute Gasteiger partial charge is 0.508 e. The summed E-state index contributed by atoms with van der Waals surface area (Å²) in [5, 5.41) is 7.92. The van der Waals surface area contributed by atoms with Crippen LogP contribution in [-0.4, -0.2) is 56.4 Å². The Hall–Kier alpha value is -3.21. The third kappa shape index (κ3) is 9.49. The number of amides is 3. The average Bonchev–Trinajstić information content (AvgIpc) is 2.89. The second-order valence-electron chi connectivity index (χ2n) is 11.4. The predicted octanol–water partition coefficient (Wildman–Crippen LogP) is 2.28. The summed E-state index contributed by atoms with van der Waals surface area (Å²) in [6.07, 6.45) is 1.44. The molecule has 1 aliphatic rings. The van der Waals surface area contributed by atoms with E-state index in [1.165, 1.54) is 7.11 Å². The van der Waals surface area contributed by atoms with Crippen LogP contribution in [0.2, 0.25) is 0 Å². The zero-order valence-electron chi connectivity index (χ0n) is 24.2. The predicted molar refractivity (Wildman–Crippen MR) is 149 cm³/mol. The molecule has 5 N–H and O–H groups in total. The third-order valence-corrected chi connectivity index (χ3v) is 7.12. The van der Waals surface area contributed by atoms with Crippen LogP contribution in [0.3, 0.4) is 0 Å². The normalized spacial score (nSPS) is 17.3. The van der Waals surface area contributed by atoms with Gasteiger partial charge in [-0.05, 0) is 36.3 Å². The maximum atomic E-state index is 13.6. The standard InChI is InChI=1S/C28H46N6O5/c1-7-8-13-31-26(36)19(18(2)3)14-20(29)21(33-30)15-28(4,5)16-25(35)34-17-24(32-27(37)38-6)39-23-12-10-9-11-22(23)34/h9-12,18-21,24,33H,7-8,13-17,29H2,1-6H3,(H,31,36)(H,32,37)/t19-,20-,21-,24+/m0/s1. The Labute approximate surface area is 232 Å². The van der Waals surface area contributed by atoms with Crippen LogP contribution in [0.4, 0.5) is 10.5 Å². The van der Waals surface area contributed by atoms with E-state index >= 15 is 0 Å². The molecule has 4 atom stereocenters. The number of nitrogens with zero attached hydrogens (tertiary/aromatic N) is 2. The summed E-state index contributed by atoms with van der Waals surface area (Å²) in [7, 11) is 1.26. The fourth-order valence-corrected chi connectivity index (χ4v) is 4.86. The molecular formula is C28H46N6O5. The topological polar surface area (TPSA) is 159 Å². The molecule has 11 nitrogen and oxygen atoms in total. The molecule has 0 bridgehead atoms. The number of para-hydroxylation sites is 2. The van der Waals surface area contributed by atoms with Crippen molar-refractivity contribution in [3.05, 3.63) is 29.8 Å². The van der Waals surface area contributed by atoms with Crippen LogP contribution in [0.1, 0.15) is 66.7 Å². The van der Waals surface area contributed by atoms with Crippen molar-refractivity contribution in [2.75, 3.05) is 25.1 Å². The van der Waals surface area contributed by atoms with Gasteiger partial charge in [0.25, 0.3) is 0 Å². The van der Waals surface area contributed by atoms with Gasteiger partial charge in [0.05, 0.1) is 25.4 Å². The van der Waals surface area contributed by atoms with E-state index in [-0.39, 0.29) is 36.6 Å². The lowest BCUT2D eigenvalue weighted by atomic mass is 9.78. The Bertz CT molecular complexity index is 985. The molecule has 0 fully saturated rings. The van der Waals surface area contributed by atoms with Gasteiger partial charge in [-0.25, -0.2) is 4.79 Å². The molecule has 1 aromatic carbocycles. The zero-order chi connectivity index (χ0) is 29.2. The van der Waals surface area contributed by atoms with Gasteiger partial charge >= 0.3 is 6.09 Å². The van der Waals surface area contributed by atoms with E-state index in [9.17, 15) is 19.9 Å². The SMILES string of the molecule is CCCCNC(=O)[C@@H](C[C@H](N)[C@H](CC(C)(C)CC(=O)N1C[C@H](NC(=O)OC)Oc2ccccc21)[NH+]=[N-])C(C)C. The molecule has 2 rings (SSSR count). The summed E-state index contributed by atoms with van der Waals surface area (Å²) >= 11 is 0. The minimum atomic E-state index is -0.767. The van der Waals surface area contributed by atoms with E-state index in [4.69, 9.17) is 10.5 Å². The highest BCUT2D eigenvalue weighted by Crippen LogP contribution is 2.36. The van der Waals surface area contributed by atoms with Crippen LogP contribution in [0.15, 0.2) is 24.3 Å². The van der Waals surface area contributed by atoms with Gasteiger partial charge in [0.1, 0.15) is 5.75 Å². The molecule has 3 amide bonds. The van der Waals surface area contributed by atoms with Crippen molar-refractivity contribution in [2.45, 2.75) is 85.0 Å². The molecule has 1 aliphatic heterocycles. The van der Waals surface area contributed by atoms with Crippen molar-refractivity contribution < 1.29 is 29.0 Å². The van der Waals surface area contributed by atoms with E-state index in [1.54, 1.807) is 23.1 Å². The molecule has 0 spiro atoms. The van der Waals surface area contributed by atoms with Crippen LogP contribution in [0.25, 0.3) is 5.53 Å². The van der Waals surface area contributed by atoms with E-state index in [0.717, 1.165) is 12.8 Å². The molecule has 11 heteroatoms. The van der Waals surface area contributed by atoms with E-state index in [1.807, 2.05) is 33.8 Å².